The Kier molecular flexibility index (Phi) is 14.1. The van der Waals surface area contributed by atoms with Crippen molar-refractivity contribution in [3.63, 3.8) is 0 Å². The van der Waals surface area contributed by atoms with E-state index in [4.69, 9.17) is 17.2 Å². The molecule has 240 valence electrons. The number of nitrogens with two attached hydrogens (primary N) is 3. The summed E-state index contributed by atoms with van der Waals surface area (Å²) in [7, 11) is 0. The van der Waals surface area contributed by atoms with E-state index in [0.29, 0.717) is 17.9 Å². The summed E-state index contributed by atoms with van der Waals surface area (Å²) in [5.74, 6) is 0.813. The van der Waals surface area contributed by atoms with Crippen LogP contribution in [0.4, 0.5) is 4.79 Å². The molecule has 0 spiro atoms. The van der Waals surface area contributed by atoms with E-state index >= 15 is 0 Å². The fourth-order valence-corrected chi connectivity index (χ4v) is 4.46. The second-order valence-corrected chi connectivity index (χ2v) is 13.0. The summed E-state index contributed by atoms with van der Waals surface area (Å²) in [5.41, 5.74) is 18.1. The molecule has 3 rings (SSSR count). The number of carbonyl (C=O) groups is 1. The van der Waals surface area contributed by atoms with E-state index in [-0.39, 0.29) is 34.5 Å². The van der Waals surface area contributed by atoms with Gasteiger partial charge in [-0.2, -0.15) is 0 Å². The largest absolute Gasteiger partial charge is 0.370 e. The fraction of sp³-hybridized carbons (Fsp3) is 0.613. The molecule has 1 aromatic heterocycles. The summed E-state index contributed by atoms with van der Waals surface area (Å²) in [4.78, 5) is 37.6. The van der Waals surface area contributed by atoms with Crippen molar-refractivity contribution in [2.45, 2.75) is 84.3 Å². The van der Waals surface area contributed by atoms with Gasteiger partial charge in [0.05, 0.1) is 5.56 Å². The molecule has 12 nitrogen and oxygen atoms in total. The van der Waals surface area contributed by atoms with Gasteiger partial charge in [0.1, 0.15) is 5.82 Å². The van der Waals surface area contributed by atoms with E-state index in [2.05, 4.69) is 35.8 Å². The quantitative estimate of drug-likeness (QED) is 0.116. The number of nitrogens with one attached hydrogen (secondary N) is 4. The van der Waals surface area contributed by atoms with Gasteiger partial charge in [-0.1, -0.05) is 45.0 Å². The van der Waals surface area contributed by atoms with Gasteiger partial charge < -0.3 is 43.0 Å². The maximum Gasteiger partial charge on any atom is 0.315 e. The van der Waals surface area contributed by atoms with E-state index in [1.165, 1.54) is 0 Å². The van der Waals surface area contributed by atoms with Gasteiger partial charge in [-0.25, -0.2) is 9.78 Å². The number of carbonyl (C=O) groups excluding carboxylic acids is 1. The average molecular weight is 599 g/mol. The maximum absolute atomic E-state index is 12.4. The number of guanidine groups is 1. The Balaban J connectivity index is 0.000000329. The van der Waals surface area contributed by atoms with Gasteiger partial charge in [-0.3, -0.25) is 9.79 Å². The topological polar surface area (TPSA) is 193 Å². The Morgan fingerprint density at radius 1 is 1.12 bits per heavy atom. The van der Waals surface area contributed by atoms with E-state index in [0.717, 1.165) is 69.7 Å². The summed E-state index contributed by atoms with van der Waals surface area (Å²) in [6, 6.07) is 8.11. The average Bonchev–Trinajstić information content (AvgIpc) is 3.35. The van der Waals surface area contributed by atoms with Crippen LogP contribution in [0.3, 0.4) is 0 Å². The first-order chi connectivity index (χ1) is 20.2. The molecular weight excluding hydrogens is 544 g/mol. The lowest BCUT2D eigenvalue weighted by atomic mass is 9.95. The third kappa shape index (κ3) is 14.0. The van der Waals surface area contributed by atoms with Gasteiger partial charge in [-0.05, 0) is 70.8 Å². The molecule has 1 aliphatic rings. The minimum absolute atomic E-state index is 0.0665. The number of amides is 2. The van der Waals surface area contributed by atoms with Gasteiger partial charge in [-0.15, -0.1) is 0 Å². The number of benzene rings is 1. The predicted octanol–water partition coefficient (Wildman–Crippen LogP) is 1.99. The molecule has 1 atom stereocenters. The van der Waals surface area contributed by atoms with Crippen LogP contribution >= 0.6 is 0 Å². The van der Waals surface area contributed by atoms with Crippen molar-refractivity contribution in [3.8, 4) is 11.1 Å². The zero-order valence-electron chi connectivity index (χ0n) is 26.9. The van der Waals surface area contributed by atoms with Gasteiger partial charge in [0.2, 0.25) is 0 Å². The van der Waals surface area contributed by atoms with E-state index < -0.39 is 0 Å². The lowest BCUT2D eigenvalue weighted by Crippen LogP contribution is -2.50. The lowest BCUT2D eigenvalue weighted by Gasteiger charge is -2.23. The maximum atomic E-state index is 12.4. The number of aromatic nitrogens is 2. The third-order valence-corrected chi connectivity index (χ3v) is 6.68. The Labute approximate surface area is 256 Å². The Bertz CT molecular complexity index is 1210. The van der Waals surface area contributed by atoms with Crippen molar-refractivity contribution < 1.29 is 4.79 Å². The summed E-state index contributed by atoms with van der Waals surface area (Å²) in [6.45, 7) is 18.0. The van der Waals surface area contributed by atoms with Crippen molar-refractivity contribution in [1.82, 2.24) is 30.8 Å². The molecule has 2 aromatic rings. The number of nitrogens with zero attached hydrogens (tertiary/aromatic N) is 3. The number of aromatic amines is 1. The zero-order valence-corrected chi connectivity index (χ0v) is 26.9. The second kappa shape index (κ2) is 17.0. The Morgan fingerprint density at radius 2 is 1.81 bits per heavy atom. The SMILES string of the molecule is CC(C)(C)NC(=O)N[C@@H]1CCN(CCCN)C1.CC(C)(C)c1ncc(-c2ccc(CNCCCN=C(N)N)cc2)c(=O)[nH]1. The second-order valence-electron chi connectivity index (χ2n) is 13.0. The molecule has 2 amide bonds. The van der Waals surface area contributed by atoms with Crippen LogP contribution in [-0.4, -0.2) is 77.7 Å². The number of hydrogen-bond donors (Lipinski definition) is 7. The minimum atomic E-state index is -0.186. The molecule has 10 N–H and O–H groups in total. The molecule has 0 unspecified atom stereocenters. The van der Waals surface area contributed by atoms with E-state index in [1.807, 2.05) is 65.8 Å². The molecule has 0 saturated carbocycles. The van der Waals surface area contributed by atoms with Gasteiger partial charge in [0.15, 0.2) is 5.96 Å². The smallest absolute Gasteiger partial charge is 0.315 e. The molecule has 0 aliphatic carbocycles. The van der Waals surface area contributed by atoms with Gasteiger partial charge in [0, 0.05) is 49.4 Å². The third-order valence-electron chi connectivity index (χ3n) is 6.68. The molecule has 12 heteroatoms. The number of H-pyrrole nitrogens is 1. The number of likely N-dealkylation sites (tertiary alicyclic amines) is 1. The Hall–Kier alpha value is -3.48. The summed E-state index contributed by atoms with van der Waals surface area (Å²) < 4.78 is 0. The van der Waals surface area contributed by atoms with Crippen molar-refractivity contribution in [2.24, 2.45) is 22.2 Å². The predicted molar refractivity (Wildman–Crippen MR) is 176 cm³/mol. The molecule has 2 heterocycles. The van der Waals surface area contributed by atoms with Gasteiger partial charge >= 0.3 is 6.03 Å². The normalized spacial score (nSPS) is 15.4. The highest BCUT2D eigenvalue weighted by molar-refractivity contribution is 5.75. The molecule has 1 aliphatic heterocycles. The van der Waals surface area contributed by atoms with Crippen LogP contribution in [0.2, 0.25) is 0 Å². The number of urea groups is 1. The number of aliphatic imine (C=N–C) groups is 1. The molecule has 0 bridgehead atoms. The molecule has 1 saturated heterocycles. The van der Waals surface area contributed by atoms with Crippen LogP contribution in [0.15, 0.2) is 40.2 Å². The summed E-state index contributed by atoms with van der Waals surface area (Å²) in [5, 5.41) is 9.27. The molecular formula is C31H54N10O2. The number of rotatable bonds is 11. The fourth-order valence-electron chi connectivity index (χ4n) is 4.46. The molecule has 43 heavy (non-hydrogen) atoms. The first kappa shape index (κ1) is 35.7. The van der Waals surface area contributed by atoms with Crippen molar-refractivity contribution in [1.29, 1.82) is 0 Å². The highest BCUT2D eigenvalue weighted by Crippen LogP contribution is 2.19. The molecule has 1 fully saturated rings. The highest BCUT2D eigenvalue weighted by Gasteiger charge is 2.24. The summed E-state index contributed by atoms with van der Waals surface area (Å²) >= 11 is 0. The monoisotopic (exact) mass is 598 g/mol. The molecule has 1 aromatic carbocycles. The van der Waals surface area contributed by atoms with Crippen molar-refractivity contribution in [3.05, 3.63) is 52.2 Å². The lowest BCUT2D eigenvalue weighted by molar-refractivity contribution is 0.227. The van der Waals surface area contributed by atoms with E-state index in [1.54, 1.807) is 6.20 Å². The first-order valence-corrected chi connectivity index (χ1v) is 15.1. The van der Waals surface area contributed by atoms with Crippen LogP contribution in [0.25, 0.3) is 11.1 Å². The standard InChI is InChI=1S/C19H28N6O.C12H26N4O/c1-19(2,3)17-24-12-15(16(26)25-17)14-7-5-13(6-8-14)11-22-9-4-10-23-18(20)21;1-12(2,3)15-11(17)14-10-5-8-16(9-10)7-4-6-13/h5-8,12,22H,4,9-11H2,1-3H3,(H4,20,21,23)(H,24,25,26);10H,4-9,13H2,1-3H3,(H2,14,15,17)/t;10-/m.1/s1. The highest BCUT2D eigenvalue weighted by atomic mass is 16.2. The van der Waals surface area contributed by atoms with Crippen LogP contribution < -0.4 is 38.7 Å². The zero-order chi connectivity index (χ0) is 32.0. The van der Waals surface area contributed by atoms with Crippen molar-refractivity contribution in [2.75, 3.05) is 39.3 Å². The van der Waals surface area contributed by atoms with Crippen molar-refractivity contribution >= 4 is 12.0 Å². The first-order valence-electron chi connectivity index (χ1n) is 15.1. The molecule has 0 radical (unpaired) electrons. The van der Waals surface area contributed by atoms with E-state index in [9.17, 15) is 9.59 Å². The van der Waals surface area contributed by atoms with Gasteiger partial charge in [0.25, 0.3) is 5.56 Å². The van der Waals surface area contributed by atoms with Crippen LogP contribution in [-0.2, 0) is 12.0 Å². The van der Waals surface area contributed by atoms with Crippen LogP contribution in [0.1, 0.15) is 72.2 Å². The van der Waals surface area contributed by atoms with Crippen LogP contribution in [0, 0.1) is 0 Å². The Morgan fingerprint density at radius 3 is 2.40 bits per heavy atom. The minimum Gasteiger partial charge on any atom is -0.370 e. The van der Waals surface area contributed by atoms with Crippen LogP contribution in [0.5, 0.6) is 0 Å². The number of hydrogen-bond acceptors (Lipinski definition) is 7. The summed E-state index contributed by atoms with van der Waals surface area (Å²) in [6.07, 6.45) is 4.58.